The van der Waals surface area contributed by atoms with Gasteiger partial charge in [0, 0.05) is 13.1 Å². The summed E-state index contributed by atoms with van der Waals surface area (Å²) < 4.78 is 0. The third-order valence-corrected chi connectivity index (χ3v) is 4.44. The van der Waals surface area contributed by atoms with Gasteiger partial charge in [-0.1, -0.05) is 32.0 Å². The minimum atomic E-state index is 0.0702. The number of benzene rings is 1. The molecular formula is C15H26N4S. The standard InChI is InChI=1S/C15H26N4S/c1-4-17(5-2)11-12-18-13(3)19(16-15(18)20)14-9-7-6-8-10-14/h6-10,13,15-16,20H,4-5,11-12H2,1-3H3. The van der Waals surface area contributed by atoms with Gasteiger partial charge in [0.2, 0.25) is 0 Å². The van der Waals surface area contributed by atoms with Crippen molar-refractivity contribution in [2.24, 2.45) is 0 Å². The van der Waals surface area contributed by atoms with Crippen molar-refractivity contribution < 1.29 is 0 Å². The van der Waals surface area contributed by atoms with Crippen molar-refractivity contribution in [3.05, 3.63) is 30.3 Å². The lowest BCUT2D eigenvalue weighted by molar-refractivity contribution is 0.199. The van der Waals surface area contributed by atoms with Gasteiger partial charge in [-0.2, -0.15) is 0 Å². The fourth-order valence-corrected chi connectivity index (χ4v) is 3.08. The van der Waals surface area contributed by atoms with E-state index < -0.39 is 0 Å². The van der Waals surface area contributed by atoms with Crippen molar-refractivity contribution in [1.82, 2.24) is 15.2 Å². The fourth-order valence-electron chi connectivity index (χ4n) is 2.64. The van der Waals surface area contributed by atoms with Gasteiger partial charge in [0.15, 0.2) is 0 Å². The van der Waals surface area contributed by atoms with Gasteiger partial charge in [-0.3, -0.25) is 9.91 Å². The fraction of sp³-hybridized carbons (Fsp3) is 0.600. The zero-order chi connectivity index (χ0) is 14.5. The third kappa shape index (κ3) is 3.47. The van der Waals surface area contributed by atoms with Crippen molar-refractivity contribution in [3.63, 3.8) is 0 Å². The summed E-state index contributed by atoms with van der Waals surface area (Å²) in [6, 6.07) is 10.4. The Morgan fingerprint density at radius 3 is 2.45 bits per heavy atom. The van der Waals surface area contributed by atoms with E-state index in [0.29, 0.717) is 6.17 Å². The Balaban J connectivity index is 1.98. The van der Waals surface area contributed by atoms with Crippen molar-refractivity contribution in [2.75, 3.05) is 31.2 Å². The molecule has 1 heterocycles. The van der Waals surface area contributed by atoms with Gasteiger partial charge in [0.05, 0.1) is 11.9 Å². The highest BCUT2D eigenvalue weighted by molar-refractivity contribution is 7.80. The molecular weight excluding hydrogens is 268 g/mol. The Labute approximate surface area is 128 Å². The monoisotopic (exact) mass is 294 g/mol. The molecule has 1 aromatic carbocycles. The summed E-state index contributed by atoms with van der Waals surface area (Å²) >= 11 is 4.67. The number of rotatable bonds is 6. The molecule has 0 spiro atoms. The first-order valence-corrected chi connectivity index (χ1v) is 7.95. The lowest BCUT2D eigenvalue weighted by Gasteiger charge is -2.29. The van der Waals surface area contributed by atoms with Crippen LogP contribution in [0.1, 0.15) is 20.8 Å². The molecule has 0 amide bonds. The van der Waals surface area contributed by atoms with E-state index in [1.165, 1.54) is 5.69 Å². The zero-order valence-corrected chi connectivity index (χ0v) is 13.6. The molecule has 2 rings (SSSR count). The molecule has 1 N–H and O–H groups in total. The maximum absolute atomic E-state index is 4.67. The van der Waals surface area contributed by atoms with E-state index in [9.17, 15) is 0 Å². The van der Waals surface area contributed by atoms with Crippen LogP contribution >= 0.6 is 12.6 Å². The second-order valence-corrected chi connectivity index (χ2v) is 5.59. The molecule has 0 radical (unpaired) electrons. The normalized spacial score (nSPS) is 23.8. The first-order valence-electron chi connectivity index (χ1n) is 7.44. The molecule has 0 saturated carbocycles. The molecule has 0 aromatic heterocycles. The van der Waals surface area contributed by atoms with Gasteiger partial charge >= 0.3 is 0 Å². The maximum atomic E-state index is 4.67. The minimum absolute atomic E-state index is 0.0702. The summed E-state index contributed by atoms with van der Waals surface area (Å²) in [5, 5.41) is 2.19. The summed E-state index contributed by atoms with van der Waals surface area (Å²) in [6.07, 6.45) is 0.301. The van der Waals surface area contributed by atoms with Gasteiger partial charge < -0.3 is 4.90 Å². The first kappa shape index (κ1) is 15.6. The van der Waals surface area contributed by atoms with Crippen LogP contribution in [0.2, 0.25) is 0 Å². The molecule has 1 aliphatic rings. The Kier molecular flexibility index (Phi) is 5.72. The van der Waals surface area contributed by atoms with Crippen LogP contribution in [-0.2, 0) is 0 Å². The lowest BCUT2D eigenvalue weighted by Crippen LogP contribution is -2.42. The van der Waals surface area contributed by atoms with E-state index in [2.05, 4.69) is 77.9 Å². The molecule has 0 aliphatic carbocycles. The number of anilines is 1. The third-order valence-electron chi connectivity index (χ3n) is 4.03. The van der Waals surface area contributed by atoms with E-state index in [0.717, 1.165) is 26.2 Å². The van der Waals surface area contributed by atoms with Gasteiger partial charge in [-0.25, -0.2) is 5.43 Å². The second-order valence-electron chi connectivity index (χ2n) is 5.10. The highest BCUT2D eigenvalue weighted by atomic mass is 32.1. The number of thiol groups is 1. The predicted octanol–water partition coefficient (Wildman–Crippen LogP) is 2.21. The molecule has 5 heteroatoms. The van der Waals surface area contributed by atoms with E-state index in [1.54, 1.807) is 0 Å². The minimum Gasteiger partial charge on any atom is -0.303 e. The summed E-state index contributed by atoms with van der Waals surface area (Å²) in [6.45, 7) is 11.0. The van der Waals surface area contributed by atoms with Crippen molar-refractivity contribution >= 4 is 18.3 Å². The number of hydrogen-bond donors (Lipinski definition) is 2. The molecule has 2 unspecified atom stereocenters. The Hall–Kier alpha value is -0.750. The van der Waals surface area contributed by atoms with E-state index >= 15 is 0 Å². The Morgan fingerprint density at radius 1 is 1.20 bits per heavy atom. The smallest absolute Gasteiger partial charge is 0.124 e. The number of hydrazine groups is 1. The van der Waals surface area contributed by atoms with Crippen LogP contribution in [0.4, 0.5) is 5.69 Å². The van der Waals surface area contributed by atoms with Crippen LogP contribution in [0.3, 0.4) is 0 Å². The summed E-state index contributed by atoms with van der Waals surface area (Å²) in [7, 11) is 0. The van der Waals surface area contributed by atoms with Gasteiger partial charge in [0.1, 0.15) is 5.50 Å². The number of nitrogens with zero attached hydrogens (tertiary/aromatic N) is 3. The molecule has 112 valence electrons. The molecule has 4 nitrogen and oxygen atoms in total. The molecule has 1 fully saturated rings. The van der Waals surface area contributed by atoms with Crippen LogP contribution in [0.25, 0.3) is 0 Å². The lowest BCUT2D eigenvalue weighted by atomic mass is 10.3. The van der Waals surface area contributed by atoms with Gasteiger partial charge in [-0.05, 0) is 32.1 Å². The van der Waals surface area contributed by atoms with E-state index in [1.807, 2.05) is 6.07 Å². The second kappa shape index (κ2) is 7.31. The quantitative estimate of drug-likeness (QED) is 0.785. The van der Waals surface area contributed by atoms with Gasteiger partial charge in [0.25, 0.3) is 0 Å². The van der Waals surface area contributed by atoms with Crippen molar-refractivity contribution in [1.29, 1.82) is 0 Å². The van der Waals surface area contributed by atoms with E-state index in [4.69, 9.17) is 0 Å². The van der Waals surface area contributed by atoms with Crippen LogP contribution < -0.4 is 10.4 Å². The maximum Gasteiger partial charge on any atom is 0.124 e. The Morgan fingerprint density at radius 2 is 1.85 bits per heavy atom. The summed E-state index contributed by atoms with van der Waals surface area (Å²) in [4.78, 5) is 4.83. The average molecular weight is 294 g/mol. The summed E-state index contributed by atoms with van der Waals surface area (Å²) in [5.74, 6) is 0. The molecule has 2 atom stereocenters. The number of hydrogen-bond acceptors (Lipinski definition) is 5. The first-order chi connectivity index (χ1) is 9.67. The molecule has 1 aliphatic heterocycles. The molecule has 0 bridgehead atoms. The van der Waals surface area contributed by atoms with Crippen LogP contribution in [0.5, 0.6) is 0 Å². The van der Waals surface area contributed by atoms with Gasteiger partial charge in [-0.15, -0.1) is 12.6 Å². The average Bonchev–Trinajstić information content (AvgIpc) is 2.77. The molecule has 1 saturated heterocycles. The number of nitrogens with one attached hydrogen (secondary N) is 1. The Bertz CT molecular complexity index is 396. The van der Waals surface area contributed by atoms with Crippen LogP contribution in [0, 0.1) is 0 Å². The van der Waals surface area contributed by atoms with Crippen LogP contribution in [-0.4, -0.2) is 47.6 Å². The SMILES string of the molecule is CCN(CC)CCN1C(S)NN(c2ccccc2)C1C. The zero-order valence-electron chi connectivity index (χ0n) is 12.7. The van der Waals surface area contributed by atoms with Crippen molar-refractivity contribution in [2.45, 2.75) is 32.4 Å². The highest BCUT2D eigenvalue weighted by Gasteiger charge is 2.34. The molecule has 1 aromatic rings. The van der Waals surface area contributed by atoms with Crippen molar-refractivity contribution in [3.8, 4) is 0 Å². The summed E-state index contributed by atoms with van der Waals surface area (Å²) in [5.41, 5.74) is 4.69. The largest absolute Gasteiger partial charge is 0.303 e. The number of para-hydroxylation sites is 1. The predicted molar refractivity (Wildman–Crippen MR) is 88.8 cm³/mol. The van der Waals surface area contributed by atoms with E-state index in [-0.39, 0.29) is 5.50 Å². The number of likely N-dealkylation sites (N-methyl/N-ethyl adjacent to an activating group) is 1. The topological polar surface area (TPSA) is 21.8 Å². The highest BCUT2D eigenvalue weighted by Crippen LogP contribution is 2.24. The van der Waals surface area contributed by atoms with Crippen LogP contribution in [0.15, 0.2) is 30.3 Å². The molecule has 20 heavy (non-hydrogen) atoms.